The average molecular weight is 344 g/mol. The molecule has 0 saturated heterocycles. The zero-order chi connectivity index (χ0) is 14.9. The van der Waals surface area contributed by atoms with E-state index in [9.17, 15) is 13.2 Å². The van der Waals surface area contributed by atoms with Gasteiger partial charge in [-0.05, 0) is 48.7 Å². The molecule has 20 heavy (non-hydrogen) atoms. The summed E-state index contributed by atoms with van der Waals surface area (Å²) in [6, 6.07) is 5.93. The highest BCUT2D eigenvalue weighted by Crippen LogP contribution is 2.24. The summed E-state index contributed by atoms with van der Waals surface area (Å²) in [5, 5.41) is 0. The van der Waals surface area contributed by atoms with Crippen LogP contribution < -0.4 is 5.73 Å². The number of nitrogens with two attached hydrogens (primary N) is 1. The molecule has 0 saturated carbocycles. The van der Waals surface area contributed by atoms with Crippen LogP contribution in [0.3, 0.4) is 0 Å². The standard InChI is InChI=1S/C15H13BrF3N/c1-8-4-11(14(19)7-13(8)18)15(20)6-9-5-10(16)2-3-12(9)17/h2-5,7,15H,6,20H2,1H3. The monoisotopic (exact) mass is 343 g/mol. The van der Waals surface area contributed by atoms with Crippen LogP contribution in [-0.2, 0) is 6.42 Å². The number of hydrogen-bond acceptors (Lipinski definition) is 1. The molecule has 0 heterocycles. The van der Waals surface area contributed by atoms with Gasteiger partial charge < -0.3 is 5.73 Å². The van der Waals surface area contributed by atoms with E-state index in [0.29, 0.717) is 11.1 Å². The van der Waals surface area contributed by atoms with Crippen LogP contribution in [0.5, 0.6) is 0 Å². The van der Waals surface area contributed by atoms with Gasteiger partial charge in [-0.1, -0.05) is 15.9 Å². The third kappa shape index (κ3) is 3.22. The predicted octanol–water partition coefficient (Wildman–Crippen LogP) is 4.42. The number of benzene rings is 2. The topological polar surface area (TPSA) is 26.0 Å². The van der Waals surface area contributed by atoms with E-state index >= 15 is 0 Å². The van der Waals surface area contributed by atoms with E-state index in [1.165, 1.54) is 19.1 Å². The molecule has 2 aromatic carbocycles. The van der Waals surface area contributed by atoms with E-state index < -0.39 is 23.5 Å². The van der Waals surface area contributed by atoms with Gasteiger partial charge in [-0.3, -0.25) is 0 Å². The fourth-order valence-electron chi connectivity index (χ4n) is 2.01. The van der Waals surface area contributed by atoms with E-state index in [4.69, 9.17) is 5.73 Å². The minimum atomic E-state index is -0.738. The maximum absolute atomic E-state index is 13.7. The Morgan fingerprint density at radius 1 is 1.05 bits per heavy atom. The van der Waals surface area contributed by atoms with Crippen LogP contribution in [0.1, 0.15) is 22.7 Å². The molecule has 106 valence electrons. The molecule has 0 aliphatic heterocycles. The van der Waals surface area contributed by atoms with Crippen LogP contribution in [0, 0.1) is 24.4 Å². The number of aryl methyl sites for hydroxylation is 1. The van der Waals surface area contributed by atoms with Crippen molar-refractivity contribution in [1.29, 1.82) is 0 Å². The Hall–Kier alpha value is -1.33. The zero-order valence-electron chi connectivity index (χ0n) is 10.8. The fraction of sp³-hybridized carbons (Fsp3) is 0.200. The molecule has 0 bridgehead atoms. The number of rotatable bonds is 3. The third-order valence-electron chi connectivity index (χ3n) is 3.13. The van der Waals surface area contributed by atoms with Gasteiger partial charge in [-0.2, -0.15) is 0 Å². The van der Waals surface area contributed by atoms with E-state index in [0.717, 1.165) is 10.5 Å². The van der Waals surface area contributed by atoms with E-state index in [1.54, 1.807) is 12.1 Å². The van der Waals surface area contributed by atoms with Gasteiger partial charge in [-0.15, -0.1) is 0 Å². The molecule has 5 heteroatoms. The van der Waals surface area contributed by atoms with Gasteiger partial charge in [0.15, 0.2) is 0 Å². The lowest BCUT2D eigenvalue weighted by atomic mass is 9.97. The Kier molecular flexibility index (Phi) is 4.50. The summed E-state index contributed by atoms with van der Waals surface area (Å²) in [5.41, 5.74) is 6.80. The van der Waals surface area contributed by atoms with Crippen molar-refractivity contribution in [2.45, 2.75) is 19.4 Å². The molecule has 0 aliphatic carbocycles. The van der Waals surface area contributed by atoms with Gasteiger partial charge in [0, 0.05) is 22.1 Å². The summed E-state index contributed by atoms with van der Waals surface area (Å²) in [4.78, 5) is 0. The number of hydrogen-bond donors (Lipinski definition) is 1. The van der Waals surface area contributed by atoms with Crippen LogP contribution in [0.2, 0.25) is 0 Å². The first-order valence-corrected chi connectivity index (χ1v) is 6.83. The second-order valence-corrected chi connectivity index (χ2v) is 5.58. The Labute approximate surface area is 123 Å². The quantitative estimate of drug-likeness (QED) is 0.877. The molecule has 1 atom stereocenters. The van der Waals surface area contributed by atoms with Gasteiger partial charge in [-0.25, -0.2) is 13.2 Å². The highest BCUT2D eigenvalue weighted by molar-refractivity contribution is 9.10. The summed E-state index contributed by atoms with van der Waals surface area (Å²) in [5.74, 6) is -1.73. The minimum Gasteiger partial charge on any atom is -0.324 e. The van der Waals surface area contributed by atoms with Crippen molar-refractivity contribution >= 4 is 15.9 Å². The smallest absolute Gasteiger partial charge is 0.130 e. The van der Waals surface area contributed by atoms with E-state index in [1.807, 2.05) is 0 Å². The first kappa shape index (κ1) is 15.1. The Balaban J connectivity index is 2.30. The average Bonchev–Trinajstić information content (AvgIpc) is 2.38. The zero-order valence-corrected chi connectivity index (χ0v) is 12.3. The van der Waals surface area contributed by atoms with Crippen molar-refractivity contribution < 1.29 is 13.2 Å². The van der Waals surface area contributed by atoms with Crippen molar-refractivity contribution in [2.75, 3.05) is 0 Å². The second kappa shape index (κ2) is 5.97. The van der Waals surface area contributed by atoms with Gasteiger partial charge in [0.1, 0.15) is 17.5 Å². The van der Waals surface area contributed by atoms with Crippen molar-refractivity contribution in [2.24, 2.45) is 5.73 Å². The summed E-state index contributed by atoms with van der Waals surface area (Å²) in [6.07, 6.45) is 0.132. The highest BCUT2D eigenvalue weighted by atomic mass is 79.9. The van der Waals surface area contributed by atoms with Crippen LogP contribution in [0.25, 0.3) is 0 Å². The Morgan fingerprint density at radius 2 is 1.75 bits per heavy atom. The molecule has 2 rings (SSSR count). The molecule has 1 nitrogen and oxygen atoms in total. The first-order valence-electron chi connectivity index (χ1n) is 6.03. The molecular formula is C15H13BrF3N. The lowest BCUT2D eigenvalue weighted by molar-refractivity contribution is 0.542. The van der Waals surface area contributed by atoms with Crippen LogP contribution in [0.15, 0.2) is 34.8 Å². The van der Waals surface area contributed by atoms with Crippen molar-refractivity contribution in [1.82, 2.24) is 0 Å². The second-order valence-electron chi connectivity index (χ2n) is 4.67. The first-order chi connectivity index (χ1) is 9.38. The lowest BCUT2D eigenvalue weighted by Crippen LogP contribution is -2.16. The molecule has 0 radical (unpaired) electrons. The van der Waals surface area contributed by atoms with Crippen LogP contribution >= 0.6 is 15.9 Å². The van der Waals surface area contributed by atoms with Crippen molar-refractivity contribution in [3.05, 3.63) is 68.9 Å². The Morgan fingerprint density at radius 3 is 2.45 bits per heavy atom. The molecule has 0 fully saturated rings. The van der Waals surface area contributed by atoms with E-state index in [-0.39, 0.29) is 12.0 Å². The summed E-state index contributed by atoms with van der Waals surface area (Å²) < 4.78 is 41.3. The fourth-order valence-corrected chi connectivity index (χ4v) is 2.42. The molecule has 0 amide bonds. The maximum Gasteiger partial charge on any atom is 0.130 e. The van der Waals surface area contributed by atoms with Crippen LogP contribution in [-0.4, -0.2) is 0 Å². The maximum atomic E-state index is 13.7. The summed E-state index contributed by atoms with van der Waals surface area (Å²) in [7, 11) is 0. The third-order valence-corrected chi connectivity index (χ3v) is 3.62. The van der Waals surface area contributed by atoms with Crippen molar-refractivity contribution in [3.8, 4) is 0 Å². The molecule has 0 spiro atoms. The summed E-state index contributed by atoms with van der Waals surface area (Å²) in [6.45, 7) is 1.53. The molecule has 1 unspecified atom stereocenters. The normalized spacial score (nSPS) is 12.5. The van der Waals surface area contributed by atoms with Gasteiger partial charge >= 0.3 is 0 Å². The molecule has 2 aromatic rings. The SMILES string of the molecule is Cc1cc(C(N)Cc2cc(Br)ccc2F)c(F)cc1F. The molecule has 2 N–H and O–H groups in total. The largest absolute Gasteiger partial charge is 0.324 e. The Bertz CT molecular complexity index is 643. The molecule has 0 aliphatic rings. The molecule has 0 aromatic heterocycles. The van der Waals surface area contributed by atoms with Gasteiger partial charge in [0.25, 0.3) is 0 Å². The summed E-state index contributed by atoms with van der Waals surface area (Å²) >= 11 is 3.25. The minimum absolute atomic E-state index is 0.132. The number of halogens is 4. The predicted molar refractivity (Wildman–Crippen MR) is 75.8 cm³/mol. The van der Waals surface area contributed by atoms with Gasteiger partial charge in [0.2, 0.25) is 0 Å². The van der Waals surface area contributed by atoms with Crippen molar-refractivity contribution in [3.63, 3.8) is 0 Å². The van der Waals surface area contributed by atoms with E-state index in [2.05, 4.69) is 15.9 Å². The van der Waals surface area contributed by atoms with Crippen LogP contribution in [0.4, 0.5) is 13.2 Å². The highest BCUT2D eigenvalue weighted by Gasteiger charge is 2.16. The lowest BCUT2D eigenvalue weighted by Gasteiger charge is -2.15. The molecular weight excluding hydrogens is 331 g/mol. The van der Waals surface area contributed by atoms with Gasteiger partial charge in [0.05, 0.1) is 0 Å².